The second-order valence-corrected chi connectivity index (χ2v) is 10.8. The smallest absolute Gasteiger partial charge is 0.336 e. The average Bonchev–Trinajstić information content (AvgIpc) is 3.46. The molecule has 0 saturated carbocycles. The summed E-state index contributed by atoms with van der Waals surface area (Å²) in [5, 5.41) is 15.1. The van der Waals surface area contributed by atoms with Gasteiger partial charge >= 0.3 is 11.9 Å². The summed E-state index contributed by atoms with van der Waals surface area (Å²) in [6, 6.07) is 22.3. The van der Waals surface area contributed by atoms with Crippen LogP contribution in [0.1, 0.15) is 56.9 Å². The first kappa shape index (κ1) is 33.6. The van der Waals surface area contributed by atoms with Crippen molar-refractivity contribution in [3.63, 3.8) is 0 Å². The molecule has 0 aliphatic rings. The number of carboxylic acid groups (broad SMARTS) is 1. The number of rotatable bonds is 20. The molecule has 1 aromatic heterocycles. The number of amides is 1. The van der Waals surface area contributed by atoms with Crippen molar-refractivity contribution in [1.29, 1.82) is 0 Å². The number of aromatic nitrogens is 1. The minimum absolute atomic E-state index is 0.130. The predicted molar refractivity (Wildman–Crippen MR) is 170 cm³/mol. The molecule has 4 aromatic rings. The molecule has 0 saturated heterocycles. The van der Waals surface area contributed by atoms with Crippen molar-refractivity contribution in [3.8, 4) is 0 Å². The Balaban J connectivity index is 1.22. The highest BCUT2D eigenvalue weighted by Crippen LogP contribution is 2.18. The molecule has 0 fully saturated rings. The topological polar surface area (TPSA) is 137 Å². The van der Waals surface area contributed by atoms with Gasteiger partial charge in [-0.05, 0) is 67.5 Å². The zero-order valence-corrected chi connectivity index (χ0v) is 25.7. The molecule has 2 unspecified atom stereocenters. The number of hydrogen-bond donors (Lipinski definition) is 2. The van der Waals surface area contributed by atoms with Crippen LogP contribution in [0.2, 0.25) is 0 Å². The summed E-state index contributed by atoms with van der Waals surface area (Å²) in [6.45, 7) is 1.68. The first-order valence-electron chi connectivity index (χ1n) is 15.7. The van der Waals surface area contributed by atoms with Crippen molar-refractivity contribution >= 4 is 39.7 Å². The fourth-order valence-electron chi connectivity index (χ4n) is 5.08. The van der Waals surface area contributed by atoms with Gasteiger partial charge in [0.05, 0.1) is 6.61 Å². The summed E-state index contributed by atoms with van der Waals surface area (Å²) in [5.41, 5.74) is 2.83. The van der Waals surface area contributed by atoms with E-state index in [1.165, 1.54) is 16.3 Å². The minimum atomic E-state index is -1.66. The third-order valence-corrected chi connectivity index (χ3v) is 7.39. The van der Waals surface area contributed by atoms with Gasteiger partial charge in [-0.15, -0.1) is 0 Å². The van der Waals surface area contributed by atoms with Crippen LogP contribution in [0.25, 0.3) is 21.9 Å². The maximum Gasteiger partial charge on any atom is 0.336 e. The number of benzene rings is 3. The summed E-state index contributed by atoms with van der Waals surface area (Å²) in [7, 11) is 0. The highest BCUT2D eigenvalue weighted by atomic mass is 16.6. The van der Waals surface area contributed by atoms with Gasteiger partial charge in [-0.1, -0.05) is 67.4 Å². The number of nitrogens with one attached hydrogen (secondary N) is 1. The highest BCUT2D eigenvalue weighted by Gasteiger charge is 2.36. The Morgan fingerprint density at radius 1 is 0.844 bits per heavy atom. The van der Waals surface area contributed by atoms with Crippen molar-refractivity contribution in [2.45, 2.75) is 70.5 Å². The molecule has 240 valence electrons. The number of para-hydroxylation sites is 2. The molecule has 0 spiro atoms. The molecule has 0 bridgehead atoms. The Morgan fingerprint density at radius 3 is 2.40 bits per heavy atom. The summed E-state index contributed by atoms with van der Waals surface area (Å²) in [5.74, 6) is -2.04. The normalized spacial score (nSPS) is 12.6. The van der Waals surface area contributed by atoms with Crippen LogP contribution in [0, 0.1) is 0 Å². The van der Waals surface area contributed by atoms with Gasteiger partial charge in [-0.2, -0.15) is 0 Å². The fraction of sp³-hybridized carbons (Fsp3) is 0.429. The number of oxazole rings is 1. The number of esters is 1. The number of fused-ring (bicyclic) bond motifs is 2. The number of aliphatic carboxylic acids is 1. The standard InChI is InChI=1S/C35H42N2O8/c1-2-42-31(38)24-44-33(35(40)41)32(43-22-12-4-6-18-30-37-28-16-9-10-17-29(28)45-30)34(39)36-21-11-3-5-13-25-19-20-26-14-7-8-15-27(26)23-25/h7-10,14-17,19-20,23,32-33H,2-6,11-13,18,21-22,24H2,1H3,(H,36,39)(H,40,41). The first-order chi connectivity index (χ1) is 21.9. The number of carboxylic acids is 1. The van der Waals surface area contributed by atoms with E-state index in [9.17, 15) is 19.5 Å². The van der Waals surface area contributed by atoms with Crippen LogP contribution in [0.4, 0.5) is 0 Å². The van der Waals surface area contributed by atoms with Crippen molar-refractivity contribution in [2.24, 2.45) is 0 Å². The number of carbonyl (C=O) groups is 3. The van der Waals surface area contributed by atoms with Gasteiger partial charge in [0.2, 0.25) is 0 Å². The molecule has 4 rings (SSSR count). The molecular weight excluding hydrogens is 576 g/mol. The second-order valence-electron chi connectivity index (χ2n) is 10.8. The molecule has 45 heavy (non-hydrogen) atoms. The van der Waals surface area contributed by atoms with Gasteiger partial charge in [0, 0.05) is 19.6 Å². The van der Waals surface area contributed by atoms with E-state index in [2.05, 4.69) is 40.6 Å². The number of carbonyl (C=O) groups excluding carboxylic acids is 2. The molecule has 1 amide bonds. The monoisotopic (exact) mass is 618 g/mol. The molecular formula is C35H42N2O8. The maximum absolute atomic E-state index is 13.1. The van der Waals surface area contributed by atoms with Crippen LogP contribution in [0.3, 0.4) is 0 Å². The van der Waals surface area contributed by atoms with Crippen molar-refractivity contribution in [1.82, 2.24) is 10.3 Å². The van der Waals surface area contributed by atoms with E-state index < -0.39 is 36.7 Å². The molecule has 2 N–H and O–H groups in total. The van der Waals surface area contributed by atoms with Gasteiger partial charge in [-0.25, -0.2) is 14.6 Å². The lowest BCUT2D eigenvalue weighted by Crippen LogP contribution is -2.49. The molecule has 2 atom stereocenters. The van der Waals surface area contributed by atoms with Crippen LogP contribution < -0.4 is 5.32 Å². The minimum Gasteiger partial charge on any atom is -0.479 e. The van der Waals surface area contributed by atoms with Crippen LogP contribution in [-0.2, 0) is 41.4 Å². The number of nitrogens with zero attached hydrogens (tertiary/aromatic N) is 1. The van der Waals surface area contributed by atoms with Gasteiger partial charge < -0.3 is 29.1 Å². The summed E-state index contributed by atoms with van der Waals surface area (Å²) < 4.78 is 21.7. The Labute approximate surface area is 263 Å². The Morgan fingerprint density at radius 2 is 1.60 bits per heavy atom. The quantitative estimate of drug-likeness (QED) is 0.0952. The zero-order valence-electron chi connectivity index (χ0n) is 25.7. The second kappa shape index (κ2) is 17.9. The van der Waals surface area contributed by atoms with E-state index in [0.29, 0.717) is 25.3 Å². The molecule has 0 aliphatic heterocycles. The lowest BCUT2D eigenvalue weighted by molar-refractivity contribution is -0.174. The number of ether oxygens (including phenoxy) is 3. The third-order valence-electron chi connectivity index (χ3n) is 7.39. The summed E-state index contributed by atoms with van der Waals surface area (Å²) >= 11 is 0. The SMILES string of the molecule is CCOC(=O)COC(C(=O)O)C(OCCCCCc1nc2ccccc2o1)C(=O)NCCCCCc1ccc2ccccc2c1. The predicted octanol–water partition coefficient (Wildman–Crippen LogP) is 5.64. The maximum atomic E-state index is 13.1. The number of hydrogen-bond acceptors (Lipinski definition) is 8. The van der Waals surface area contributed by atoms with E-state index >= 15 is 0 Å². The lowest BCUT2D eigenvalue weighted by atomic mass is 10.0. The van der Waals surface area contributed by atoms with Gasteiger partial charge in [0.15, 0.2) is 23.7 Å². The largest absolute Gasteiger partial charge is 0.479 e. The van der Waals surface area contributed by atoms with E-state index in [-0.39, 0.29) is 13.2 Å². The highest BCUT2D eigenvalue weighted by molar-refractivity contribution is 5.88. The van der Waals surface area contributed by atoms with E-state index in [1.54, 1.807) is 6.92 Å². The molecule has 0 radical (unpaired) electrons. The summed E-state index contributed by atoms with van der Waals surface area (Å²) in [4.78, 5) is 41.5. The first-order valence-corrected chi connectivity index (χ1v) is 15.7. The van der Waals surface area contributed by atoms with Gasteiger partial charge in [0.1, 0.15) is 12.1 Å². The Kier molecular flexibility index (Phi) is 13.3. The van der Waals surface area contributed by atoms with Crippen LogP contribution in [0.5, 0.6) is 0 Å². The van der Waals surface area contributed by atoms with E-state index in [0.717, 1.165) is 49.6 Å². The van der Waals surface area contributed by atoms with Crippen molar-refractivity contribution < 1.29 is 38.1 Å². The van der Waals surface area contributed by atoms with Gasteiger partial charge in [0.25, 0.3) is 5.91 Å². The van der Waals surface area contributed by atoms with Crippen LogP contribution in [-0.4, -0.2) is 66.5 Å². The van der Waals surface area contributed by atoms with Crippen molar-refractivity contribution in [3.05, 3.63) is 78.2 Å². The zero-order chi connectivity index (χ0) is 31.9. The molecule has 10 heteroatoms. The lowest BCUT2D eigenvalue weighted by Gasteiger charge is -2.23. The van der Waals surface area contributed by atoms with Gasteiger partial charge in [-0.3, -0.25) is 4.79 Å². The number of aryl methyl sites for hydroxylation is 2. The summed E-state index contributed by atoms with van der Waals surface area (Å²) in [6.07, 6.45) is 3.19. The molecule has 1 heterocycles. The van der Waals surface area contributed by atoms with Crippen LogP contribution >= 0.6 is 0 Å². The molecule has 10 nitrogen and oxygen atoms in total. The number of unbranched alkanes of at least 4 members (excludes halogenated alkanes) is 4. The average molecular weight is 619 g/mol. The Hall–Kier alpha value is -4.28. The fourth-order valence-corrected chi connectivity index (χ4v) is 5.08. The molecule has 0 aliphatic carbocycles. The Bertz CT molecular complexity index is 1500. The van der Waals surface area contributed by atoms with Crippen molar-refractivity contribution in [2.75, 3.05) is 26.4 Å². The van der Waals surface area contributed by atoms with E-state index in [1.807, 2.05) is 36.4 Å². The third kappa shape index (κ3) is 10.7. The van der Waals surface area contributed by atoms with Crippen LogP contribution in [0.15, 0.2) is 71.1 Å². The molecule has 3 aromatic carbocycles. The van der Waals surface area contributed by atoms with E-state index in [4.69, 9.17) is 18.6 Å².